The quantitative estimate of drug-likeness (QED) is 0.0805. The molecule has 0 aliphatic carbocycles. The molecule has 2 fully saturated rings. The Morgan fingerprint density at radius 1 is 0.818 bits per heavy atom. The smallest absolute Gasteiger partial charge is 0.331 e. The lowest BCUT2D eigenvalue weighted by atomic mass is 9.85. The van der Waals surface area contributed by atoms with Crippen molar-refractivity contribution >= 4 is 23.0 Å². The number of benzene rings is 3. The molecule has 18 nitrogen and oxygen atoms in total. The van der Waals surface area contributed by atoms with Crippen LogP contribution in [0.4, 0.5) is 0 Å². The topological polar surface area (TPSA) is 296 Å². The Labute approximate surface area is 310 Å². The van der Waals surface area contributed by atoms with Crippen LogP contribution in [0, 0.1) is 0 Å². The number of hydrogen-bond acceptors (Lipinski definition) is 18. The molecule has 0 bridgehead atoms. The molecule has 294 valence electrons. The van der Waals surface area contributed by atoms with Crippen LogP contribution in [0.2, 0.25) is 0 Å². The maximum atomic E-state index is 13.8. The Bertz CT molecular complexity index is 2120. The number of carbonyl (C=O) groups is 1. The van der Waals surface area contributed by atoms with Crippen molar-refractivity contribution in [3.8, 4) is 45.8 Å². The van der Waals surface area contributed by atoms with E-state index in [2.05, 4.69) is 0 Å². The lowest BCUT2D eigenvalue weighted by Gasteiger charge is -2.41. The van der Waals surface area contributed by atoms with Crippen molar-refractivity contribution in [2.24, 2.45) is 0 Å². The van der Waals surface area contributed by atoms with Gasteiger partial charge in [-0.25, -0.2) is 4.79 Å². The van der Waals surface area contributed by atoms with Crippen molar-refractivity contribution in [1.82, 2.24) is 0 Å². The van der Waals surface area contributed by atoms with Crippen LogP contribution in [0.15, 0.2) is 57.8 Å². The number of phenols is 4. The Morgan fingerprint density at radius 2 is 1.47 bits per heavy atom. The molecule has 3 aromatic carbocycles. The van der Waals surface area contributed by atoms with Gasteiger partial charge in [0.05, 0.1) is 38.6 Å². The van der Waals surface area contributed by atoms with Crippen molar-refractivity contribution in [2.75, 3.05) is 27.4 Å². The second-order valence-corrected chi connectivity index (χ2v) is 12.8. The SMILES string of the molecule is COc1cc(C=CC(=O)OC2C(c3c(O)c(C4OC(CO)C(O)C(O)C4O)c4oc(-c5ccc(O)cc5)cc(=O)c4c3O)OCC(O)C2O)cc(OC)c1O. The summed E-state index contributed by atoms with van der Waals surface area (Å²) in [4.78, 5) is 27.0. The normalized spacial score (nSPS) is 26.9. The van der Waals surface area contributed by atoms with Gasteiger partial charge in [0.15, 0.2) is 28.6 Å². The first-order valence-electron chi connectivity index (χ1n) is 16.7. The fraction of sp³-hybridized carbons (Fsp3) is 0.351. The van der Waals surface area contributed by atoms with Gasteiger partial charge in [0.25, 0.3) is 0 Å². The summed E-state index contributed by atoms with van der Waals surface area (Å²) in [7, 11) is 2.59. The Hall–Kier alpha value is -5.44. The van der Waals surface area contributed by atoms with E-state index in [1.807, 2.05) is 0 Å². The molecule has 2 aliphatic heterocycles. The fourth-order valence-electron chi connectivity index (χ4n) is 6.57. The molecular weight excluding hydrogens is 732 g/mol. The number of carbonyl (C=O) groups excluding carboxylic acids is 1. The number of phenolic OH excluding ortho intramolecular Hbond substituents is 4. The van der Waals surface area contributed by atoms with E-state index in [0.717, 1.165) is 12.1 Å². The number of aromatic hydroxyl groups is 4. The molecule has 0 saturated carbocycles. The van der Waals surface area contributed by atoms with E-state index >= 15 is 0 Å². The molecule has 10 N–H and O–H groups in total. The van der Waals surface area contributed by atoms with Crippen molar-refractivity contribution in [3.05, 3.63) is 75.5 Å². The molecule has 55 heavy (non-hydrogen) atoms. The number of esters is 1. The van der Waals surface area contributed by atoms with Crippen molar-refractivity contribution in [1.29, 1.82) is 0 Å². The van der Waals surface area contributed by atoms with E-state index in [1.165, 1.54) is 56.7 Å². The first-order valence-corrected chi connectivity index (χ1v) is 16.7. The summed E-state index contributed by atoms with van der Waals surface area (Å²) < 4.78 is 33.2. The molecule has 0 spiro atoms. The van der Waals surface area contributed by atoms with Crippen LogP contribution in [0.3, 0.4) is 0 Å². The van der Waals surface area contributed by atoms with E-state index in [4.69, 9.17) is 28.1 Å². The summed E-state index contributed by atoms with van der Waals surface area (Å²) in [6.07, 6.45) is -14.4. The van der Waals surface area contributed by atoms with E-state index in [-0.39, 0.29) is 34.3 Å². The average molecular weight is 771 g/mol. The summed E-state index contributed by atoms with van der Waals surface area (Å²) >= 11 is 0. The molecule has 0 amide bonds. The molecular formula is C37H38O18. The molecule has 0 radical (unpaired) electrons. The highest BCUT2D eigenvalue weighted by Crippen LogP contribution is 2.51. The van der Waals surface area contributed by atoms with Crippen molar-refractivity contribution in [2.45, 2.75) is 54.9 Å². The van der Waals surface area contributed by atoms with Crippen LogP contribution in [-0.2, 0) is 19.0 Å². The molecule has 1 aromatic heterocycles. The number of aliphatic hydroxyl groups excluding tert-OH is 6. The number of aliphatic hydroxyl groups is 6. The van der Waals surface area contributed by atoms with Gasteiger partial charge in [0, 0.05) is 17.7 Å². The summed E-state index contributed by atoms with van der Waals surface area (Å²) in [5, 5.41) is 107. The van der Waals surface area contributed by atoms with Gasteiger partial charge in [-0.15, -0.1) is 0 Å². The molecule has 6 rings (SSSR count). The third-order valence-corrected chi connectivity index (χ3v) is 9.45. The molecule has 9 unspecified atom stereocenters. The van der Waals surface area contributed by atoms with Gasteiger partial charge in [-0.1, -0.05) is 0 Å². The third-order valence-electron chi connectivity index (χ3n) is 9.45. The second kappa shape index (κ2) is 15.7. The fourth-order valence-corrected chi connectivity index (χ4v) is 6.57. The highest BCUT2D eigenvalue weighted by Gasteiger charge is 2.49. The van der Waals surface area contributed by atoms with E-state index < -0.39 is 113 Å². The van der Waals surface area contributed by atoms with Gasteiger partial charge in [0.2, 0.25) is 5.75 Å². The van der Waals surface area contributed by atoms with Gasteiger partial charge in [-0.05, 0) is 48.0 Å². The highest BCUT2D eigenvalue weighted by molar-refractivity contribution is 5.92. The van der Waals surface area contributed by atoms with Crippen LogP contribution in [-0.4, -0.2) is 127 Å². The number of hydrogen-bond donors (Lipinski definition) is 10. The first-order chi connectivity index (χ1) is 26.2. The largest absolute Gasteiger partial charge is 0.508 e. The maximum absolute atomic E-state index is 13.8. The summed E-state index contributed by atoms with van der Waals surface area (Å²) in [5.41, 5.74) is -2.23. The van der Waals surface area contributed by atoms with Crippen molar-refractivity contribution in [3.63, 3.8) is 0 Å². The minimum absolute atomic E-state index is 0.0174. The van der Waals surface area contributed by atoms with Gasteiger partial charge in [-0.3, -0.25) is 4.79 Å². The summed E-state index contributed by atoms with van der Waals surface area (Å²) in [5.74, 6) is -3.65. The molecule has 4 aromatic rings. The van der Waals surface area contributed by atoms with E-state index in [0.29, 0.717) is 5.56 Å². The second-order valence-electron chi connectivity index (χ2n) is 12.8. The predicted molar refractivity (Wildman–Crippen MR) is 186 cm³/mol. The molecule has 9 atom stereocenters. The summed E-state index contributed by atoms with van der Waals surface area (Å²) in [6.45, 7) is -1.51. The predicted octanol–water partition coefficient (Wildman–Crippen LogP) is 0.233. The molecule has 18 heteroatoms. The number of rotatable bonds is 9. The van der Waals surface area contributed by atoms with Crippen LogP contribution < -0.4 is 14.9 Å². The van der Waals surface area contributed by atoms with Gasteiger partial charge < -0.3 is 79.2 Å². The van der Waals surface area contributed by atoms with E-state index in [9.17, 15) is 60.7 Å². The zero-order valence-electron chi connectivity index (χ0n) is 29.0. The van der Waals surface area contributed by atoms with Crippen LogP contribution in [0.1, 0.15) is 28.9 Å². The van der Waals surface area contributed by atoms with Crippen LogP contribution in [0.25, 0.3) is 28.4 Å². The molecule has 2 saturated heterocycles. The minimum atomic E-state index is -2.05. The summed E-state index contributed by atoms with van der Waals surface area (Å²) in [6, 6.07) is 9.10. The van der Waals surface area contributed by atoms with Gasteiger partial charge >= 0.3 is 5.97 Å². The monoisotopic (exact) mass is 770 g/mol. The molecule has 2 aliphatic rings. The first kappa shape index (κ1) is 39.3. The highest BCUT2D eigenvalue weighted by atomic mass is 16.6. The standard InChI is InChI=1S/C37H38O18/c1-50-20-9-14(10-21(51-2)28(20)44)3-8-23(42)55-37-27(43)18(41)13-52-36(37)25-30(46)24-17(40)11-19(15-4-6-16(39)7-5-15)53-34(24)26(31(25)47)35-33(49)32(48)29(45)22(12-38)54-35/h3-11,18,22,27,29,32-33,35-39,41,43-49H,12-13H2,1-2H3. The number of fused-ring (bicyclic) bond motifs is 1. The zero-order chi connectivity index (χ0) is 39.9. The minimum Gasteiger partial charge on any atom is -0.508 e. The van der Waals surface area contributed by atoms with E-state index in [1.54, 1.807) is 0 Å². The van der Waals surface area contributed by atoms with Gasteiger partial charge in [0.1, 0.15) is 77.2 Å². The number of ether oxygens (including phenoxy) is 5. The molecule has 3 heterocycles. The lowest BCUT2D eigenvalue weighted by Crippen LogP contribution is -2.55. The zero-order valence-corrected chi connectivity index (χ0v) is 29.0. The Balaban J connectivity index is 1.49. The Kier molecular flexibility index (Phi) is 11.2. The van der Waals surface area contributed by atoms with Crippen LogP contribution in [0.5, 0.6) is 34.5 Å². The Morgan fingerprint density at radius 3 is 2.09 bits per heavy atom. The van der Waals surface area contributed by atoms with Crippen LogP contribution >= 0.6 is 0 Å². The third kappa shape index (κ3) is 7.24. The maximum Gasteiger partial charge on any atom is 0.331 e. The van der Waals surface area contributed by atoms with Crippen molar-refractivity contribution < 1.29 is 84.0 Å². The average Bonchev–Trinajstić information content (AvgIpc) is 3.16. The van der Waals surface area contributed by atoms with Gasteiger partial charge in [-0.2, -0.15) is 0 Å². The lowest BCUT2D eigenvalue weighted by molar-refractivity contribution is -0.232. The number of methoxy groups -OCH3 is 2.